The van der Waals surface area contributed by atoms with E-state index < -0.39 is 16.0 Å². The van der Waals surface area contributed by atoms with Crippen LogP contribution in [0.15, 0.2) is 23.4 Å². The van der Waals surface area contributed by atoms with Crippen LogP contribution in [0.1, 0.15) is 38.1 Å². The Hall–Kier alpha value is -1.47. The van der Waals surface area contributed by atoms with Crippen LogP contribution >= 0.6 is 0 Å². The summed E-state index contributed by atoms with van der Waals surface area (Å²) >= 11 is 0. The SMILES string of the molecule is CC(C)C(C)(C)CNS(=O)(=O)c1ccc(C(=O)O)cn1. The molecular formula is C13H20N2O4S. The molecule has 1 aromatic rings. The van der Waals surface area contributed by atoms with Crippen molar-refractivity contribution in [3.63, 3.8) is 0 Å². The Balaban J connectivity index is 2.87. The first-order valence-electron chi connectivity index (χ1n) is 6.25. The van der Waals surface area contributed by atoms with Gasteiger partial charge in [0.25, 0.3) is 10.0 Å². The summed E-state index contributed by atoms with van der Waals surface area (Å²) in [6.45, 7) is 8.28. The molecule has 0 bridgehead atoms. The first-order valence-corrected chi connectivity index (χ1v) is 7.73. The minimum Gasteiger partial charge on any atom is -0.478 e. The van der Waals surface area contributed by atoms with Crippen molar-refractivity contribution in [3.05, 3.63) is 23.9 Å². The number of carboxylic acid groups (broad SMARTS) is 1. The van der Waals surface area contributed by atoms with Gasteiger partial charge in [-0.1, -0.05) is 27.7 Å². The van der Waals surface area contributed by atoms with E-state index in [0.29, 0.717) is 5.92 Å². The third-order valence-corrected chi connectivity index (χ3v) is 4.86. The predicted octanol–water partition coefficient (Wildman–Crippen LogP) is 1.74. The van der Waals surface area contributed by atoms with Gasteiger partial charge in [-0.25, -0.2) is 22.9 Å². The van der Waals surface area contributed by atoms with Crippen LogP contribution in [-0.2, 0) is 10.0 Å². The molecule has 0 amide bonds. The Morgan fingerprint density at radius 1 is 1.40 bits per heavy atom. The predicted molar refractivity (Wildman–Crippen MR) is 75.0 cm³/mol. The van der Waals surface area contributed by atoms with E-state index in [9.17, 15) is 13.2 Å². The van der Waals surface area contributed by atoms with Gasteiger partial charge in [-0.3, -0.25) is 0 Å². The highest BCUT2D eigenvalue weighted by Crippen LogP contribution is 2.25. The Kier molecular flexibility index (Phi) is 4.88. The number of aromatic nitrogens is 1. The second kappa shape index (κ2) is 5.88. The van der Waals surface area contributed by atoms with Crippen LogP contribution in [-0.4, -0.2) is 31.0 Å². The molecule has 0 spiro atoms. The van der Waals surface area contributed by atoms with Gasteiger partial charge >= 0.3 is 5.97 Å². The fourth-order valence-electron chi connectivity index (χ4n) is 1.22. The van der Waals surface area contributed by atoms with E-state index in [1.165, 1.54) is 12.1 Å². The molecule has 0 saturated carbocycles. The molecule has 20 heavy (non-hydrogen) atoms. The quantitative estimate of drug-likeness (QED) is 0.834. The number of hydrogen-bond acceptors (Lipinski definition) is 4. The summed E-state index contributed by atoms with van der Waals surface area (Å²) in [5.41, 5.74) is -0.236. The van der Waals surface area contributed by atoms with Crippen LogP contribution < -0.4 is 4.72 Å². The van der Waals surface area contributed by atoms with Crippen molar-refractivity contribution in [2.45, 2.75) is 32.7 Å². The molecule has 7 heteroatoms. The van der Waals surface area contributed by atoms with Gasteiger partial charge in [-0.2, -0.15) is 0 Å². The van der Waals surface area contributed by atoms with Crippen molar-refractivity contribution in [2.75, 3.05) is 6.54 Å². The van der Waals surface area contributed by atoms with E-state index in [-0.39, 0.29) is 22.5 Å². The third kappa shape index (κ3) is 4.01. The van der Waals surface area contributed by atoms with E-state index in [2.05, 4.69) is 9.71 Å². The van der Waals surface area contributed by atoms with Gasteiger partial charge in [-0.05, 0) is 23.5 Å². The summed E-state index contributed by atoms with van der Waals surface area (Å²) in [5.74, 6) is -0.831. The highest BCUT2D eigenvalue weighted by molar-refractivity contribution is 7.89. The number of hydrogen-bond donors (Lipinski definition) is 2. The summed E-state index contributed by atoms with van der Waals surface area (Å²) in [5, 5.41) is 8.57. The van der Waals surface area contributed by atoms with Crippen LogP contribution in [0.25, 0.3) is 0 Å². The zero-order valence-corrected chi connectivity index (χ0v) is 12.9. The van der Waals surface area contributed by atoms with E-state index in [0.717, 1.165) is 6.20 Å². The number of nitrogens with one attached hydrogen (secondary N) is 1. The molecule has 0 aliphatic rings. The van der Waals surface area contributed by atoms with E-state index in [1.54, 1.807) is 0 Å². The van der Waals surface area contributed by atoms with E-state index in [1.807, 2.05) is 27.7 Å². The number of aromatic carboxylic acids is 1. The Morgan fingerprint density at radius 2 is 2.00 bits per heavy atom. The van der Waals surface area contributed by atoms with Crippen LogP contribution in [0.5, 0.6) is 0 Å². The average Bonchev–Trinajstić information content (AvgIpc) is 2.36. The van der Waals surface area contributed by atoms with E-state index in [4.69, 9.17) is 5.11 Å². The van der Waals surface area contributed by atoms with Gasteiger partial charge in [-0.15, -0.1) is 0 Å². The lowest BCUT2D eigenvalue weighted by Crippen LogP contribution is -2.37. The second-order valence-corrected chi connectivity index (χ2v) is 7.37. The third-order valence-electron chi connectivity index (χ3n) is 3.54. The van der Waals surface area contributed by atoms with Gasteiger partial charge in [0.15, 0.2) is 5.03 Å². The maximum atomic E-state index is 12.1. The molecule has 2 N–H and O–H groups in total. The first-order chi connectivity index (χ1) is 9.06. The molecule has 0 unspecified atom stereocenters. The van der Waals surface area contributed by atoms with Crippen molar-refractivity contribution in [1.29, 1.82) is 0 Å². The van der Waals surface area contributed by atoms with Crippen LogP contribution in [0.4, 0.5) is 0 Å². The van der Waals surface area contributed by atoms with E-state index >= 15 is 0 Å². The molecule has 112 valence electrons. The molecule has 0 radical (unpaired) electrons. The van der Waals surface area contributed by atoms with Crippen molar-refractivity contribution in [3.8, 4) is 0 Å². The lowest BCUT2D eigenvalue weighted by molar-refractivity contribution is 0.0696. The number of pyridine rings is 1. The Bertz CT molecular complexity index is 577. The molecule has 1 heterocycles. The van der Waals surface area contributed by atoms with Crippen LogP contribution in [0, 0.1) is 11.3 Å². The van der Waals surface area contributed by atoms with Gasteiger partial charge in [0.05, 0.1) is 5.56 Å². The average molecular weight is 300 g/mol. The first kappa shape index (κ1) is 16.6. The van der Waals surface area contributed by atoms with Crippen molar-refractivity contribution >= 4 is 16.0 Å². The lowest BCUT2D eigenvalue weighted by atomic mass is 9.81. The number of nitrogens with zero attached hydrogens (tertiary/aromatic N) is 1. The molecule has 0 aliphatic carbocycles. The van der Waals surface area contributed by atoms with Crippen molar-refractivity contribution < 1.29 is 18.3 Å². The summed E-state index contributed by atoms with van der Waals surface area (Å²) in [4.78, 5) is 14.4. The second-order valence-electron chi connectivity index (χ2n) is 5.66. The number of rotatable bonds is 6. The maximum Gasteiger partial charge on any atom is 0.337 e. The lowest BCUT2D eigenvalue weighted by Gasteiger charge is -2.29. The molecular weight excluding hydrogens is 280 g/mol. The molecule has 0 fully saturated rings. The monoisotopic (exact) mass is 300 g/mol. The summed E-state index contributed by atoms with van der Waals surface area (Å²) < 4.78 is 26.6. The zero-order chi connectivity index (χ0) is 15.6. The fraction of sp³-hybridized carbons (Fsp3) is 0.538. The highest BCUT2D eigenvalue weighted by Gasteiger charge is 2.26. The number of carbonyl (C=O) groups is 1. The minimum absolute atomic E-state index is 0.0496. The fourth-order valence-corrected chi connectivity index (χ4v) is 2.37. The molecule has 0 aromatic carbocycles. The Labute approximate surface area is 119 Å². The largest absolute Gasteiger partial charge is 0.478 e. The smallest absolute Gasteiger partial charge is 0.337 e. The van der Waals surface area contributed by atoms with Gasteiger partial charge in [0.2, 0.25) is 0 Å². The summed E-state index contributed by atoms with van der Waals surface area (Å²) in [6, 6.07) is 2.41. The number of carboxylic acids is 1. The zero-order valence-electron chi connectivity index (χ0n) is 12.0. The molecule has 1 aromatic heterocycles. The normalized spacial score (nSPS) is 12.7. The molecule has 0 saturated heterocycles. The van der Waals surface area contributed by atoms with Crippen LogP contribution in [0.2, 0.25) is 0 Å². The van der Waals surface area contributed by atoms with Gasteiger partial charge in [0, 0.05) is 12.7 Å². The topological polar surface area (TPSA) is 96.4 Å². The molecule has 6 nitrogen and oxygen atoms in total. The number of sulfonamides is 1. The van der Waals surface area contributed by atoms with Gasteiger partial charge in [0.1, 0.15) is 0 Å². The van der Waals surface area contributed by atoms with Crippen LogP contribution in [0.3, 0.4) is 0 Å². The molecule has 0 atom stereocenters. The van der Waals surface area contributed by atoms with Crippen molar-refractivity contribution in [2.24, 2.45) is 11.3 Å². The summed E-state index contributed by atoms with van der Waals surface area (Å²) in [6.07, 6.45) is 1.03. The standard InChI is InChI=1S/C13H20N2O4S/c1-9(2)13(3,4)8-15-20(18,19)11-6-5-10(7-14-11)12(16)17/h5-7,9,15H,8H2,1-4H3,(H,16,17). The molecule has 1 rings (SSSR count). The van der Waals surface area contributed by atoms with Gasteiger partial charge < -0.3 is 5.11 Å². The van der Waals surface area contributed by atoms with Crippen molar-refractivity contribution in [1.82, 2.24) is 9.71 Å². The summed E-state index contributed by atoms with van der Waals surface area (Å²) in [7, 11) is -3.72. The Morgan fingerprint density at radius 3 is 2.40 bits per heavy atom. The minimum atomic E-state index is -3.72. The maximum absolute atomic E-state index is 12.1. The highest BCUT2D eigenvalue weighted by atomic mass is 32.2. The molecule has 0 aliphatic heterocycles.